The molecule has 6 nitrogen and oxygen atoms in total. The summed E-state index contributed by atoms with van der Waals surface area (Å²) < 4.78 is 0.801. The van der Waals surface area contributed by atoms with Crippen LogP contribution in [0.2, 0.25) is 0 Å². The lowest BCUT2D eigenvalue weighted by molar-refractivity contribution is -0.122. The number of para-hydroxylation sites is 1. The number of amides is 2. The molecule has 0 bridgehead atoms. The highest BCUT2D eigenvalue weighted by Crippen LogP contribution is 2.31. The molecule has 0 spiro atoms. The first-order valence-corrected chi connectivity index (χ1v) is 11.6. The average molecular weight is 439 g/mol. The Morgan fingerprint density at radius 3 is 2.73 bits per heavy atom. The maximum Gasteiger partial charge on any atom is 0.231 e. The Morgan fingerprint density at radius 2 is 1.93 bits per heavy atom. The highest BCUT2D eigenvalue weighted by molar-refractivity contribution is 8.00. The number of rotatable bonds is 7. The number of carbonyl (C=O) groups excluding carboxylic acids is 2. The van der Waals surface area contributed by atoms with Crippen LogP contribution in [0.25, 0.3) is 0 Å². The van der Waals surface area contributed by atoms with E-state index in [1.165, 1.54) is 16.9 Å². The van der Waals surface area contributed by atoms with Gasteiger partial charge in [-0.2, -0.15) is 0 Å². The van der Waals surface area contributed by atoms with Crippen molar-refractivity contribution in [3.05, 3.63) is 65.7 Å². The lowest BCUT2D eigenvalue weighted by atomic mass is 10.1. The van der Waals surface area contributed by atoms with Gasteiger partial charge < -0.3 is 10.2 Å². The molecule has 4 rings (SSSR count). The van der Waals surface area contributed by atoms with Crippen molar-refractivity contribution in [3.8, 4) is 0 Å². The molecule has 2 aromatic carbocycles. The molecule has 2 amide bonds. The Hall–Kier alpha value is -2.71. The molecule has 0 aliphatic carbocycles. The van der Waals surface area contributed by atoms with Gasteiger partial charge in [-0.3, -0.25) is 9.59 Å². The second-order valence-corrected chi connectivity index (χ2v) is 9.22. The molecular formula is C22H22N4O2S2. The van der Waals surface area contributed by atoms with Crippen molar-refractivity contribution >= 4 is 45.7 Å². The maximum atomic E-state index is 12.7. The molecule has 30 heavy (non-hydrogen) atoms. The van der Waals surface area contributed by atoms with E-state index in [0.29, 0.717) is 11.7 Å². The van der Waals surface area contributed by atoms with E-state index in [2.05, 4.69) is 34.6 Å². The van der Waals surface area contributed by atoms with Gasteiger partial charge in [0, 0.05) is 24.4 Å². The molecule has 1 aliphatic heterocycles. The summed E-state index contributed by atoms with van der Waals surface area (Å²) in [6, 6.07) is 18.0. The van der Waals surface area contributed by atoms with E-state index in [9.17, 15) is 9.59 Å². The number of nitrogens with zero attached hydrogens (tertiary/aromatic N) is 3. The van der Waals surface area contributed by atoms with E-state index < -0.39 is 5.92 Å². The van der Waals surface area contributed by atoms with Crippen LogP contribution in [0.1, 0.15) is 24.5 Å². The van der Waals surface area contributed by atoms with Gasteiger partial charge in [0.05, 0.1) is 5.92 Å². The number of thioether (sulfide) groups is 1. The summed E-state index contributed by atoms with van der Waals surface area (Å²) in [5.41, 5.74) is 3.21. The molecule has 1 aromatic heterocycles. The molecule has 8 heteroatoms. The zero-order valence-corrected chi connectivity index (χ0v) is 18.2. The molecule has 154 valence electrons. The molecule has 1 N–H and O–H groups in total. The summed E-state index contributed by atoms with van der Waals surface area (Å²) in [6.07, 6.45) is 1.04. The van der Waals surface area contributed by atoms with Gasteiger partial charge in [0.2, 0.25) is 16.9 Å². The van der Waals surface area contributed by atoms with E-state index in [-0.39, 0.29) is 18.2 Å². The highest BCUT2D eigenvalue weighted by atomic mass is 32.2. The predicted molar refractivity (Wildman–Crippen MR) is 121 cm³/mol. The van der Waals surface area contributed by atoms with E-state index in [4.69, 9.17) is 0 Å². The van der Waals surface area contributed by atoms with Gasteiger partial charge in [-0.05, 0) is 23.6 Å². The molecule has 1 atom stereocenters. The summed E-state index contributed by atoms with van der Waals surface area (Å²) in [6.45, 7) is 2.45. The zero-order valence-electron chi connectivity index (χ0n) is 16.6. The highest BCUT2D eigenvalue weighted by Gasteiger charge is 2.36. The van der Waals surface area contributed by atoms with Crippen LogP contribution >= 0.6 is 23.1 Å². The summed E-state index contributed by atoms with van der Waals surface area (Å²) >= 11 is 2.94. The molecule has 1 unspecified atom stereocenters. The van der Waals surface area contributed by atoms with Gasteiger partial charge in [-0.25, -0.2) is 0 Å². The third-order valence-electron chi connectivity index (χ3n) is 5.00. The molecule has 1 saturated heterocycles. The van der Waals surface area contributed by atoms with E-state index in [1.807, 2.05) is 42.5 Å². The van der Waals surface area contributed by atoms with Crippen molar-refractivity contribution in [3.63, 3.8) is 0 Å². The number of carbonyl (C=O) groups is 2. The zero-order chi connectivity index (χ0) is 20.9. The minimum atomic E-state index is -0.397. The number of aryl methyl sites for hydroxylation is 1. The van der Waals surface area contributed by atoms with Crippen molar-refractivity contribution in [2.45, 2.75) is 29.9 Å². The lowest BCUT2D eigenvalue weighted by Crippen LogP contribution is -2.28. The quantitative estimate of drug-likeness (QED) is 0.438. The van der Waals surface area contributed by atoms with Gasteiger partial charge in [0.1, 0.15) is 0 Å². The fourth-order valence-corrected chi connectivity index (χ4v) is 5.15. The third kappa shape index (κ3) is 4.71. The SMILES string of the molecule is CCc1ccccc1N1CC(C(=O)Nc2nnc(SCc3ccccc3)s2)CC1=O. The monoisotopic (exact) mass is 438 g/mol. The van der Waals surface area contributed by atoms with Crippen molar-refractivity contribution < 1.29 is 9.59 Å². The Labute approximate surface area is 183 Å². The maximum absolute atomic E-state index is 12.7. The summed E-state index contributed by atoms with van der Waals surface area (Å²) in [4.78, 5) is 27.0. The van der Waals surface area contributed by atoms with Crippen LogP contribution in [0.3, 0.4) is 0 Å². The second-order valence-electron chi connectivity index (χ2n) is 7.02. The van der Waals surface area contributed by atoms with Crippen LogP contribution in [-0.2, 0) is 21.8 Å². The number of benzene rings is 2. The molecular weight excluding hydrogens is 416 g/mol. The van der Waals surface area contributed by atoms with Gasteiger partial charge in [-0.1, -0.05) is 78.6 Å². The van der Waals surface area contributed by atoms with Gasteiger partial charge in [0.15, 0.2) is 4.34 Å². The van der Waals surface area contributed by atoms with E-state index >= 15 is 0 Å². The van der Waals surface area contributed by atoms with Crippen molar-refractivity contribution in [1.29, 1.82) is 0 Å². The van der Waals surface area contributed by atoms with Gasteiger partial charge in [-0.15, -0.1) is 10.2 Å². The molecule has 0 saturated carbocycles. The lowest BCUT2D eigenvalue weighted by Gasteiger charge is -2.19. The van der Waals surface area contributed by atoms with Crippen molar-refractivity contribution in [2.24, 2.45) is 5.92 Å². The fraction of sp³-hybridized carbons (Fsp3) is 0.273. The predicted octanol–water partition coefficient (Wildman–Crippen LogP) is 4.38. The first-order valence-electron chi connectivity index (χ1n) is 9.83. The molecule has 0 radical (unpaired) electrons. The Balaban J connectivity index is 1.35. The van der Waals surface area contributed by atoms with Crippen molar-refractivity contribution in [2.75, 3.05) is 16.8 Å². The summed E-state index contributed by atoms with van der Waals surface area (Å²) in [5.74, 6) is 0.196. The fourth-order valence-electron chi connectivity index (χ4n) is 3.43. The number of nitrogens with one attached hydrogen (secondary N) is 1. The minimum Gasteiger partial charge on any atom is -0.311 e. The van der Waals surface area contributed by atoms with Crippen molar-refractivity contribution in [1.82, 2.24) is 10.2 Å². The topological polar surface area (TPSA) is 75.2 Å². The van der Waals surface area contributed by atoms with E-state index in [1.54, 1.807) is 16.7 Å². The smallest absolute Gasteiger partial charge is 0.231 e. The Bertz CT molecular complexity index is 1040. The first-order chi connectivity index (χ1) is 14.6. The molecule has 2 heterocycles. The Morgan fingerprint density at radius 1 is 1.17 bits per heavy atom. The van der Waals surface area contributed by atoms with Gasteiger partial charge >= 0.3 is 0 Å². The molecule has 1 aliphatic rings. The minimum absolute atomic E-state index is 0.0209. The van der Waals surface area contributed by atoms with Crippen LogP contribution in [0.15, 0.2) is 58.9 Å². The molecule has 1 fully saturated rings. The second kappa shape index (κ2) is 9.40. The standard InChI is InChI=1S/C22H22N4O2S2/c1-2-16-10-6-7-11-18(16)26-13-17(12-19(26)27)20(28)23-21-24-25-22(30-21)29-14-15-8-4-3-5-9-15/h3-11,17H,2,12-14H2,1H3,(H,23,24,28). The average Bonchev–Trinajstić information content (AvgIpc) is 3.39. The Kier molecular flexibility index (Phi) is 6.44. The van der Waals surface area contributed by atoms with E-state index in [0.717, 1.165) is 27.8 Å². The number of aromatic nitrogens is 2. The van der Waals surface area contributed by atoms with Crippen LogP contribution < -0.4 is 10.2 Å². The number of hydrogen-bond donors (Lipinski definition) is 1. The number of hydrogen-bond acceptors (Lipinski definition) is 6. The van der Waals surface area contributed by atoms with Crippen LogP contribution in [0.4, 0.5) is 10.8 Å². The summed E-state index contributed by atoms with van der Waals surface area (Å²) in [7, 11) is 0. The first kappa shape index (κ1) is 20.6. The normalized spacial score (nSPS) is 16.1. The third-order valence-corrected chi connectivity index (χ3v) is 7.04. The van der Waals surface area contributed by atoms with Crippen LogP contribution in [-0.4, -0.2) is 28.6 Å². The largest absolute Gasteiger partial charge is 0.311 e. The van der Waals surface area contributed by atoms with Gasteiger partial charge in [0.25, 0.3) is 0 Å². The summed E-state index contributed by atoms with van der Waals surface area (Å²) in [5, 5.41) is 11.5. The number of anilines is 2. The van der Waals surface area contributed by atoms with Crippen LogP contribution in [0, 0.1) is 5.92 Å². The van der Waals surface area contributed by atoms with Crippen LogP contribution in [0.5, 0.6) is 0 Å². The molecule has 3 aromatic rings.